The molecule has 0 saturated carbocycles. The maximum Gasteiger partial charge on any atom is 0.472 e. The first-order chi connectivity index (χ1) is 28.0. The Balaban J connectivity index is 4.50. The molecule has 58 heavy (non-hydrogen) atoms. The molecule has 0 amide bonds. The zero-order valence-corrected chi connectivity index (χ0v) is 38.4. The van der Waals surface area contributed by atoms with E-state index in [-0.39, 0.29) is 26.1 Å². The van der Waals surface area contributed by atoms with Gasteiger partial charge in [0.15, 0.2) is 6.10 Å². The summed E-state index contributed by atoms with van der Waals surface area (Å²) in [6.07, 6.45) is 49.6. The minimum absolute atomic E-state index is 0.0140. The van der Waals surface area contributed by atoms with Gasteiger partial charge >= 0.3 is 19.8 Å². The van der Waals surface area contributed by atoms with Crippen LogP contribution in [0.4, 0.5) is 0 Å². The molecule has 1 unspecified atom stereocenters. The highest BCUT2D eigenvalue weighted by Gasteiger charge is 2.27. The number of rotatable bonds is 40. The van der Waals surface area contributed by atoms with Gasteiger partial charge in [-0.3, -0.25) is 18.6 Å². The van der Waals surface area contributed by atoms with Crippen molar-refractivity contribution < 1.29 is 42.1 Å². The number of hydrogen-bond acceptors (Lipinski definition) is 7. The first-order valence-corrected chi connectivity index (χ1v) is 24.2. The number of nitrogens with zero attached hydrogens (tertiary/aromatic N) is 1. The third-order valence-corrected chi connectivity index (χ3v) is 10.2. The molecule has 0 spiro atoms. The Bertz CT molecular complexity index is 1220. The van der Waals surface area contributed by atoms with Gasteiger partial charge in [0.1, 0.15) is 19.8 Å². The van der Waals surface area contributed by atoms with Gasteiger partial charge in [-0.2, -0.15) is 0 Å². The van der Waals surface area contributed by atoms with Crippen LogP contribution in [0.25, 0.3) is 0 Å². The number of ether oxygens (including phenoxy) is 2. The van der Waals surface area contributed by atoms with Gasteiger partial charge in [-0.15, -0.1) is 0 Å². The van der Waals surface area contributed by atoms with Crippen LogP contribution in [0.2, 0.25) is 0 Å². The van der Waals surface area contributed by atoms with E-state index in [2.05, 4.69) is 74.6 Å². The zero-order chi connectivity index (χ0) is 42.8. The van der Waals surface area contributed by atoms with E-state index in [9.17, 15) is 19.0 Å². The van der Waals surface area contributed by atoms with E-state index in [0.29, 0.717) is 23.9 Å². The summed E-state index contributed by atoms with van der Waals surface area (Å²) in [5.41, 5.74) is 0. The van der Waals surface area contributed by atoms with Crippen LogP contribution in [0.15, 0.2) is 72.9 Å². The number of unbranched alkanes of at least 4 members (excludes halogenated alkanes) is 14. The molecule has 10 heteroatoms. The number of phosphoric ester groups is 1. The van der Waals surface area contributed by atoms with E-state index in [0.717, 1.165) is 57.8 Å². The van der Waals surface area contributed by atoms with Crippen LogP contribution in [0.5, 0.6) is 0 Å². The van der Waals surface area contributed by atoms with Crippen molar-refractivity contribution in [1.82, 2.24) is 0 Å². The van der Waals surface area contributed by atoms with Gasteiger partial charge in [0, 0.05) is 12.8 Å². The lowest BCUT2D eigenvalue weighted by molar-refractivity contribution is -0.870. The van der Waals surface area contributed by atoms with Crippen molar-refractivity contribution >= 4 is 19.8 Å². The van der Waals surface area contributed by atoms with Crippen molar-refractivity contribution in [2.45, 2.75) is 174 Å². The lowest BCUT2D eigenvalue weighted by atomic mass is 10.1. The Hall–Kier alpha value is -2.55. The van der Waals surface area contributed by atoms with Crippen molar-refractivity contribution in [3.63, 3.8) is 0 Å². The average Bonchev–Trinajstić information content (AvgIpc) is 3.17. The van der Waals surface area contributed by atoms with Gasteiger partial charge < -0.3 is 18.9 Å². The fraction of sp³-hybridized carbons (Fsp3) is 0.708. The number of esters is 2. The second-order valence-corrected chi connectivity index (χ2v) is 17.5. The Morgan fingerprint density at radius 2 is 0.966 bits per heavy atom. The van der Waals surface area contributed by atoms with Crippen LogP contribution in [0.3, 0.4) is 0 Å². The highest BCUT2D eigenvalue weighted by Crippen LogP contribution is 2.43. The summed E-state index contributed by atoms with van der Waals surface area (Å²) in [6, 6.07) is 0. The minimum atomic E-state index is -4.40. The second-order valence-electron chi connectivity index (χ2n) is 16.1. The molecule has 0 aliphatic rings. The predicted octanol–water partition coefficient (Wildman–Crippen LogP) is 13.0. The summed E-state index contributed by atoms with van der Waals surface area (Å²) in [4.78, 5) is 35.3. The molecule has 0 aliphatic carbocycles. The van der Waals surface area contributed by atoms with Gasteiger partial charge in [-0.05, 0) is 77.0 Å². The van der Waals surface area contributed by atoms with Gasteiger partial charge in [-0.1, -0.05) is 151 Å². The lowest BCUT2D eigenvalue weighted by Crippen LogP contribution is -2.37. The normalized spacial score (nSPS) is 14.2. The standard InChI is InChI=1S/C48H84NO8P/c1-6-8-10-12-14-16-18-20-22-23-24-25-27-29-31-33-35-37-39-41-48(51)57-46(45-56-58(52,53)55-43-42-49(3,4)5)44-54-47(50)40-38-36-34-32-30-28-26-21-19-17-15-13-11-9-7-2/h14,16,20-22,24-26,29,31,35,37,46H,6-13,15,17-19,23,27-28,30,32-34,36,38-45H2,1-5H3/p+1/b16-14+,22-20+,25-24+,26-21+,31-29+,37-35+/t46-/m1/s1. The topological polar surface area (TPSA) is 108 Å². The van der Waals surface area contributed by atoms with E-state index in [1.165, 1.54) is 70.6 Å². The van der Waals surface area contributed by atoms with Crippen LogP contribution >= 0.6 is 7.82 Å². The molecule has 9 nitrogen and oxygen atoms in total. The number of carbonyl (C=O) groups is 2. The number of carbonyl (C=O) groups excluding carboxylic acids is 2. The smallest absolute Gasteiger partial charge is 0.462 e. The molecule has 1 N–H and O–H groups in total. The van der Waals surface area contributed by atoms with E-state index in [1.54, 1.807) is 0 Å². The molecule has 0 heterocycles. The molecule has 0 aromatic carbocycles. The number of likely N-dealkylation sites (N-methyl/N-ethyl adjacent to an activating group) is 1. The summed E-state index contributed by atoms with van der Waals surface area (Å²) < 4.78 is 34.2. The SMILES string of the molecule is CCCCC/C=C/C/C=C/C/C=C/C/C=C/C/C=C/CCC(=O)O[C@H](COC(=O)CCCCCCC/C=C/CCCCCCCC)COP(=O)(O)OCC[N+](C)(C)C. The largest absolute Gasteiger partial charge is 0.472 e. The summed E-state index contributed by atoms with van der Waals surface area (Å²) >= 11 is 0. The number of allylic oxidation sites excluding steroid dienone is 12. The maximum atomic E-state index is 12.7. The van der Waals surface area contributed by atoms with Crippen molar-refractivity contribution in [2.75, 3.05) is 47.5 Å². The van der Waals surface area contributed by atoms with Crippen molar-refractivity contribution in [3.05, 3.63) is 72.9 Å². The van der Waals surface area contributed by atoms with Crippen molar-refractivity contribution in [2.24, 2.45) is 0 Å². The molecule has 0 radical (unpaired) electrons. The molecule has 0 aromatic rings. The first kappa shape index (κ1) is 55.5. The molecular formula is C48H85NO8P+. The molecule has 0 aliphatic heterocycles. The van der Waals surface area contributed by atoms with Crippen LogP contribution in [0, 0.1) is 0 Å². The maximum absolute atomic E-state index is 12.7. The summed E-state index contributed by atoms with van der Waals surface area (Å²) in [6.45, 7) is 4.28. The van der Waals surface area contributed by atoms with E-state index in [1.807, 2.05) is 33.3 Å². The van der Waals surface area contributed by atoms with Crippen LogP contribution in [-0.2, 0) is 32.7 Å². The zero-order valence-electron chi connectivity index (χ0n) is 37.5. The molecule has 334 valence electrons. The van der Waals surface area contributed by atoms with Gasteiger partial charge in [-0.25, -0.2) is 4.57 Å². The molecule has 0 saturated heterocycles. The quantitative estimate of drug-likeness (QED) is 0.0214. The van der Waals surface area contributed by atoms with Crippen LogP contribution < -0.4 is 0 Å². The lowest BCUT2D eigenvalue weighted by Gasteiger charge is -2.24. The van der Waals surface area contributed by atoms with E-state index >= 15 is 0 Å². The predicted molar refractivity (Wildman–Crippen MR) is 242 cm³/mol. The Kier molecular flexibility index (Phi) is 38.1. The minimum Gasteiger partial charge on any atom is -0.462 e. The van der Waals surface area contributed by atoms with Gasteiger partial charge in [0.2, 0.25) is 0 Å². The van der Waals surface area contributed by atoms with Crippen molar-refractivity contribution in [1.29, 1.82) is 0 Å². The number of hydrogen-bond donors (Lipinski definition) is 1. The molecule has 0 rings (SSSR count). The van der Waals surface area contributed by atoms with Gasteiger partial charge in [0.05, 0.1) is 27.7 Å². The van der Waals surface area contributed by atoms with Gasteiger partial charge in [0.25, 0.3) is 0 Å². The van der Waals surface area contributed by atoms with Crippen LogP contribution in [-0.4, -0.2) is 74.9 Å². The highest BCUT2D eigenvalue weighted by atomic mass is 31.2. The fourth-order valence-corrected chi connectivity index (χ4v) is 6.38. The third-order valence-electron chi connectivity index (χ3n) is 9.22. The molecule has 0 fully saturated rings. The van der Waals surface area contributed by atoms with E-state index < -0.39 is 32.5 Å². The number of quaternary nitrogens is 1. The highest BCUT2D eigenvalue weighted by molar-refractivity contribution is 7.47. The molecule has 0 bridgehead atoms. The molecular weight excluding hydrogens is 750 g/mol. The monoisotopic (exact) mass is 835 g/mol. The number of phosphoric acid groups is 1. The Morgan fingerprint density at radius 1 is 0.534 bits per heavy atom. The molecule has 0 aromatic heterocycles. The Morgan fingerprint density at radius 3 is 1.50 bits per heavy atom. The average molecular weight is 835 g/mol. The van der Waals surface area contributed by atoms with E-state index in [4.69, 9.17) is 18.5 Å². The van der Waals surface area contributed by atoms with Crippen LogP contribution in [0.1, 0.15) is 168 Å². The third kappa shape index (κ3) is 43.0. The molecule has 2 atom stereocenters. The summed E-state index contributed by atoms with van der Waals surface area (Å²) in [5.74, 6) is -0.909. The Labute approximate surface area is 355 Å². The van der Waals surface area contributed by atoms with Crippen molar-refractivity contribution in [3.8, 4) is 0 Å². The summed E-state index contributed by atoms with van der Waals surface area (Å²) in [7, 11) is 1.42. The fourth-order valence-electron chi connectivity index (χ4n) is 5.64. The first-order valence-electron chi connectivity index (χ1n) is 22.7. The summed E-state index contributed by atoms with van der Waals surface area (Å²) in [5, 5.41) is 0. The second kappa shape index (κ2) is 39.9.